The van der Waals surface area contributed by atoms with Gasteiger partial charge >= 0.3 is 0 Å². The summed E-state index contributed by atoms with van der Waals surface area (Å²) in [6.07, 6.45) is 9.56. The quantitative estimate of drug-likeness (QED) is 0.870. The lowest BCUT2D eigenvalue weighted by Crippen LogP contribution is -2.24. The number of imidazole rings is 1. The second-order valence-corrected chi connectivity index (χ2v) is 7.92. The lowest BCUT2D eigenvalue weighted by Gasteiger charge is -2.23. The van der Waals surface area contributed by atoms with Gasteiger partial charge < -0.3 is 4.57 Å². The number of aryl methyl sites for hydroxylation is 2. The number of rotatable bonds is 3. The Morgan fingerprint density at radius 1 is 1.27 bits per heavy atom. The van der Waals surface area contributed by atoms with Crippen molar-refractivity contribution in [2.45, 2.75) is 58.0 Å². The van der Waals surface area contributed by atoms with E-state index in [2.05, 4.69) is 28.4 Å². The Balaban J connectivity index is 1.59. The molecule has 3 heterocycles. The van der Waals surface area contributed by atoms with Gasteiger partial charge in [0.05, 0.1) is 16.7 Å². The third-order valence-corrected chi connectivity index (χ3v) is 6.00. The van der Waals surface area contributed by atoms with Gasteiger partial charge in [0.25, 0.3) is 0 Å². The molecule has 1 aliphatic carbocycles. The zero-order valence-corrected chi connectivity index (χ0v) is 14.3. The van der Waals surface area contributed by atoms with E-state index in [0.717, 1.165) is 6.54 Å². The standard InChI is InChI=1S/C17H24N4S/c1-12-18-10-13(22-12)11-21-9-5-8-16(21)17-19-14-6-3-4-7-15(14)20(17)2/h10,16H,3-9,11H2,1-2H3. The highest BCUT2D eigenvalue weighted by atomic mass is 32.1. The molecule has 2 aromatic rings. The van der Waals surface area contributed by atoms with Crippen LogP contribution >= 0.6 is 11.3 Å². The van der Waals surface area contributed by atoms with Gasteiger partial charge in [0.1, 0.15) is 5.82 Å². The number of thiazole rings is 1. The highest BCUT2D eigenvalue weighted by Gasteiger charge is 2.31. The first-order valence-electron chi connectivity index (χ1n) is 8.42. The molecule has 1 unspecified atom stereocenters. The van der Waals surface area contributed by atoms with Crippen molar-refractivity contribution >= 4 is 11.3 Å². The topological polar surface area (TPSA) is 34.0 Å². The van der Waals surface area contributed by atoms with Gasteiger partial charge in [-0.25, -0.2) is 9.97 Å². The summed E-state index contributed by atoms with van der Waals surface area (Å²) in [5, 5.41) is 1.17. The largest absolute Gasteiger partial charge is 0.334 e. The number of fused-ring (bicyclic) bond motifs is 1. The third-order valence-electron chi connectivity index (χ3n) is 5.10. The van der Waals surface area contributed by atoms with Gasteiger partial charge in [-0.05, 0) is 52.0 Å². The van der Waals surface area contributed by atoms with Crippen LogP contribution in [0.15, 0.2) is 6.20 Å². The van der Waals surface area contributed by atoms with Gasteiger partial charge in [0.15, 0.2) is 0 Å². The Morgan fingerprint density at radius 3 is 2.91 bits per heavy atom. The summed E-state index contributed by atoms with van der Waals surface area (Å²) in [5.74, 6) is 1.30. The van der Waals surface area contributed by atoms with Crippen LogP contribution in [0.5, 0.6) is 0 Å². The number of aromatic nitrogens is 3. The minimum absolute atomic E-state index is 0.484. The van der Waals surface area contributed by atoms with Crippen LogP contribution < -0.4 is 0 Å². The molecule has 0 spiro atoms. The molecule has 118 valence electrons. The van der Waals surface area contributed by atoms with Crippen LogP contribution in [-0.2, 0) is 26.4 Å². The molecule has 1 atom stereocenters. The van der Waals surface area contributed by atoms with Crippen molar-refractivity contribution in [3.8, 4) is 0 Å². The van der Waals surface area contributed by atoms with Crippen LogP contribution in [0, 0.1) is 6.92 Å². The monoisotopic (exact) mass is 316 g/mol. The van der Waals surface area contributed by atoms with Crippen LogP contribution in [0.2, 0.25) is 0 Å². The van der Waals surface area contributed by atoms with Gasteiger partial charge in [0.2, 0.25) is 0 Å². The lowest BCUT2D eigenvalue weighted by molar-refractivity contribution is 0.238. The number of hydrogen-bond acceptors (Lipinski definition) is 4. The molecule has 0 saturated carbocycles. The predicted molar refractivity (Wildman–Crippen MR) is 89.1 cm³/mol. The van der Waals surface area contributed by atoms with E-state index < -0.39 is 0 Å². The number of likely N-dealkylation sites (tertiary alicyclic amines) is 1. The van der Waals surface area contributed by atoms with Crippen molar-refractivity contribution in [1.82, 2.24) is 19.4 Å². The average molecular weight is 316 g/mol. The summed E-state index contributed by atoms with van der Waals surface area (Å²) in [6, 6.07) is 0.484. The van der Waals surface area contributed by atoms with Crippen molar-refractivity contribution in [3.63, 3.8) is 0 Å². The van der Waals surface area contributed by atoms with Gasteiger partial charge in [-0.3, -0.25) is 4.90 Å². The van der Waals surface area contributed by atoms with Crippen molar-refractivity contribution in [1.29, 1.82) is 0 Å². The summed E-state index contributed by atoms with van der Waals surface area (Å²) in [5.41, 5.74) is 2.85. The molecule has 1 fully saturated rings. The molecule has 4 rings (SSSR count). The minimum atomic E-state index is 0.484. The Morgan fingerprint density at radius 2 is 2.14 bits per heavy atom. The van der Waals surface area contributed by atoms with E-state index in [1.54, 1.807) is 0 Å². The molecular weight excluding hydrogens is 292 g/mol. The van der Waals surface area contributed by atoms with Gasteiger partial charge in [0, 0.05) is 30.4 Å². The predicted octanol–water partition coefficient (Wildman–Crippen LogP) is 3.40. The van der Waals surface area contributed by atoms with E-state index in [1.165, 1.54) is 72.2 Å². The number of nitrogens with zero attached hydrogens (tertiary/aromatic N) is 4. The van der Waals surface area contributed by atoms with E-state index in [1.807, 2.05) is 17.5 Å². The highest BCUT2D eigenvalue weighted by molar-refractivity contribution is 7.11. The summed E-state index contributed by atoms with van der Waals surface area (Å²) < 4.78 is 2.40. The van der Waals surface area contributed by atoms with E-state index in [4.69, 9.17) is 4.98 Å². The maximum absolute atomic E-state index is 5.04. The molecule has 0 N–H and O–H groups in total. The van der Waals surface area contributed by atoms with Crippen LogP contribution in [0.1, 0.15) is 58.8 Å². The van der Waals surface area contributed by atoms with Crippen molar-refractivity contribution in [3.05, 3.63) is 33.3 Å². The summed E-state index contributed by atoms with van der Waals surface area (Å²) >= 11 is 1.82. The zero-order valence-electron chi connectivity index (χ0n) is 13.5. The Labute approximate surface area is 136 Å². The molecule has 4 nitrogen and oxygen atoms in total. The maximum Gasteiger partial charge on any atom is 0.126 e. The first-order valence-corrected chi connectivity index (χ1v) is 9.24. The Bertz CT molecular complexity index is 672. The van der Waals surface area contributed by atoms with Crippen molar-refractivity contribution in [2.24, 2.45) is 7.05 Å². The second-order valence-electron chi connectivity index (χ2n) is 6.60. The van der Waals surface area contributed by atoms with E-state index >= 15 is 0 Å². The molecular formula is C17H24N4S. The molecule has 2 aromatic heterocycles. The Kier molecular flexibility index (Phi) is 3.78. The van der Waals surface area contributed by atoms with Crippen molar-refractivity contribution < 1.29 is 0 Å². The summed E-state index contributed by atoms with van der Waals surface area (Å²) in [6.45, 7) is 4.29. The number of hydrogen-bond donors (Lipinski definition) is 0. The average Bonchev–Trinajstić information content (AvgIpc) is 3.21. The second kappa shape index (κ2) is 5.78. The van der Waals surface area contributed by atoms with E-state index in [-0.39, 0.29) is 0 Å². The van der Waals surface area contributed by atoms with Gasteiger partial charge in [-0.1, -0.05) is 0 Å². The normalized spacial score (nSPS) is 22.2. The molecule has 0 bridgehead atoms. The Hall–Kier alpha value is -1.20. The molecule has 0 radical (unpaired) electrons. The molecule has 5 heteroatoms. The molecule has 0 amide bonds. The van der Waals surface area contributed by atoms with Crippen molar-refractivity contribution in [2.75, 3.05) is 6.54 Å². The van der Waals surface area contributed by atoms with Crippen LogP contribution in [-0.4, -0.2) is 26.0 Å². The molecule has 1 saturated heterocycles. The third kappa shape index (κ3) is 2.50. The van der Waals surface area contributed by atoms with Crippen LogP contribution in [0.25, 0.3) is 0 Å². The van der Waals surface area contributed by atoms with Crippen LogP contribution in [0.4, 0.5) is 0 Å². The molecule has 0 aromatic carbocycles. The fourth-order valence-corrected chi connectivity index (χ4v) is 4.81. The first-order chi connectivity index (χ1) is 10.7. The molecule has 22 heavy (non-hydrogen) atoms. The summed E-state index contributed by atoms with van der Waals surface area (Å²) in [7, 11) is 2.22. The smallest absolute Gasteiger partial charge is 0.126 e. The fourth-order valence-electron chi connectivity index (χ4n) is 3.99. The summed E-state index contributed by atoms with van der Waals surface area (Å²) in [4.78, 5) is 13.4. The minimum Gasteiger partial charge on any atom is -0.334 e. The van der Waals surface area contributed by atoms with Gasteiger partial charge in [-0.15, -0.1) is 11.3 Å². The SMILES string of the molecule is Cc1ncc(CN2CCCC2c2nc3c(n2C)CCCC3)s1. The molecule has 2 aliphatic rings. The van der Waals surface area contributed by atoms with Gasteiger partial charge in [-0.2, -0.15) is 0 Å². The fraction of sp³-hybridized carbons (Fsp3) is 0.647. The van der Waals surface area contributed by atoms with E-state index in [9.17, 15) is 0 Å². The lowest BCUT2D eigenvalue weighted by atomic mass is 10.0. The molecule has 1 aliphatic heterocycles. The van der Waals surface area contributed by atoms with E-state index in [0.29, 0.717) is 6.04 Å². The highest BCUT2D eigenvalue weighted by Crippen LogP contribution is 2.35. The van der Waals surface area contributed by atoms with Crippen LogP contribution in [0.3, 0.4) is 0 Å². The maximum atomic E-state index is 5.04. The first kappa shape index (κ1) is 14.4. The zero-order chi connectivity index (χ0) is 15.1.